The molecule has 0 aromatic heterocycles. The Hall–Kier alpha value is -2.71. The lowest BCUT2D eigenvalue weighted by atomic mass is 9.95. The van der Waals surface area contributed by atoms with E-state index in [1.54, 1.807) is 13.0 Å². The summed E-state index contributed by atoms with van der Waals surface area (Å²) in [6.45, 7) is 3.37. The average molecular weight is 425 g/mol. The Morgan fingerprint density at radius 1 is 1.27 bits per heavy atom. The van der Waals surface area contributed by atoms with Crippen molar-refractivity contribution in [1.29, 1.82) is 0 Å². The molecule has 0 saturated carbocycles. The molecule has 0 unspecified atom stereocenters. The number of alkyl halides is 2. The molecular formula is C21H29F2N3O4. The van der Waals surface area contributed by atoms with Gasteiger partial charge in [0.05, 0.1) is 18.0 Å². The van der Waals surface area contributed by atoms with Crippen LogP contribution < -0.4 is 10.1 Å². The number of amides is 3. The van der Waals surface area contributed by atoms with Gasteiger partial charge in [-0.1, -0.05) is 12.1 Å². The number of nitrogens with one attached hydrogen (secondary N) is 1. The van der Waals surface area contributed by atoms with E-state index in [0.717, 1.165) is 0 Å². The third kappa shape index (κ3) is 6.40. The zero-order chi connectivity index (χ0) is 22.3. The van der Waals surface area contributed by atoms with Gasteiger partial charge in [0.15, 0.2) is 0 Å². The largest absolute Gasteiger partial charge is 0.434 e. The summed E-state index contributed by atoms with van der Waals surface area (Å²) in [5.41, 5.74) is 0.0366. The molecule has 166 valence electrons. The number of rotatable bonds is 8. The van der Waals surface area contributed by atoms with Crippen molar-refractivity contribution < 1.29 is 27.9 Å². The molecule has 1 aromatic rings. The number of piperidine rings is 1. The summed E-state index contributed by atoms with van der Waals surface area (Å²) >= 11 is 0. The van der Waals surface area contributed by atoms with Crippen LogP contribution in [0.4, 0.5) is 8.78 Å². The van der Waals surface area contributed by atoms with Crippen LogP contribution in [0.3, 0.4) is 0 Å². The van der Waals surface area contributed by atoms with E-state index in [0.29, 0.717) is 25.9 Å². The van der Waals surface area contributed by atoms with Gasteiger partial charge in [-0.05, 0) is 45.7 Å². The summed E-state index contributed by atoms with van der Waals surface area (Å²) < 4.78 is 29.8. The standard InChI is InChI=1S/C21H29F2N3O4/c1-4-25(13-18(27)24-14(2)3)19(28)15-8-7-11-26(12-15)20(29)16-9-5-6-10-17(16)30-21(22)23/h5-6,9-10,14-15,21H,4,7-8,11-13H2,1-3H3,(H,24,27)/t15-/m1/s1. The lowest BCUT2D eigenvalue weighted by Gasteiger charge is -2.35. The van der Waals surface area contributed by atoms with Crippen LogP contribution in [0.25, 0.3) is 0 Å². The van der Waals surface area contributed by atoms with Crippen LogP contribution in [0.5, 0.6) is 5.75 Å². The minimum Gasteiger partial charge on any atom is -0.434 e. The molecule has 9 heteroatoms. The first kappa shape index (κ1) is 23.6. The van der Waals surface area contributed by atoms with Crippen molar-refractivity contribution in [3.63, 3.8) is 0 Å². The number of halogens is 2. The lowest BCUT2D eigenvalue weighted by molar-refractivity contribution is -0.140. The fourth-order valence-corrected chi connectivity index (χ4v) is 3.52. The van der Waals surface area contributed by atoms with Crippen LogP contribution >= 0.6 is 0 Å². The van der Waals surface area contributed by atoms with Crippen LogP contribution in [-0.2, 0) is 9.59 Å². The first-order chi connectivity index (χ1) is 14.2. The van der Waals surface area contributed by atoms with Gasteiger partial charge in [0.2, 0.25) is 11.8 Å². The zero-order valence-electron chi connectivity index (χ0n) is 17.6. The smallest absolute Gasteiger partial charge is 0.387 e. The number of nitrogens with zero attached hydrogens (tertiary/aromatic N) is 2. The van der Waals surface area contributed by atoms with E-state index >= 15 is 0 Å². The molecule has 1 heterocycles. The van der Waals surface area contributed by atoms with Crippen molar-refractivity contribution in [3.05, 3.63) is 29.8 Å². The van der Waals surface area contributed by atoms with Crippen molar-refractivity contribution >= 4 is 17.7 Å². The molecular weight excluding hydrogens is 396 g/mol. The van der Waals surface area contributed by atoms with E-state index in [1.165, 1.54) is 28.0 Å². The maximum absolute atomic E-state index is 13.0. The molecule has 3 amide bonds. The highest BCUT2D eigenvalue weighted by Crippen LogP contribution is 2.25. The second-order valence-electron chi connectivity index (χ2n) is 7.54. The number of hydrogen-bond acceptors (Lipinski definition) is 4. The molecule has 0 spiro atoms. The van der Waals surface area contributed by atoms with Crippen LogP contribution in [0, 0.1) is 5.92 Å². The predicted octanol–water partition coefficient (Wildman–Crippen LogP) is 2.51. The summed E-state index contributed by atoms with van der Waals surface area (Å²) in [6, 6.07) is 5.81. The molecule has 0 aliphatic carbocycles. The second kappa shape index (κ2) is 10.9. The Kier molecular flexibility index (Phi) is 8.56. The van der Waals surface area contributed by atoms with Crippen LogP contribution in [0.15, 0.2) is 24.3 Å². The van der Waals surface area contributed by atoms with E-state index in [9.17, 15) is 23.2 Å². The highest BCUT2D eigenvalue weighted by Gasteiger charge is 2.32. The first-order valence-electron chi connectivity index (χ1n) is 10.1. The molecule has 1 aliphatic heterocycles. The van der Waals surface area contributed by atoms with Gasteiger partial charge < -0.3 is 19.9 Å². The van der Waals surface area contributed by atoms with Gasteiger partial charge in [0, 0.05) is 25.7 Å². The van der Waals surface area contributed by atoms with Gasteiger partial charge in [-0.25, -0.2) is 0 Å². The summed E-state index contributed by atoms with van der Waals surface area (Å²) in [5.74, 6) is -1.51. The Balaban J connectivity index is 2.08. The van der Waals surface area contributed by atoms with Crippen molar-refractivity contribution in [2.75, 3.05) is 26.2 Å². The fourth-order valence-electron chi connectivity index (χ4n) is 3.52. The third-order valence-corrected chi connectivity index (χ3v) is 4.87. The van der Waals surface area contributed by atoms with Crippen LogP contribution in [0.2, 0.25) is 0 Å². The van der Waals surface area contributed by atoms with Crippen molar-refractivity contribution in [2.24, 2.45) is 5.92 Å². The minimum absolute atomic E-state index is 0.0235. The number of likely N-dealkylation sites (tertiary alicyclic amines) is 1. The molecule has 1 atom stereocenters. The predicted molar refractivity (Wildman–Crippen MR) is 107 cm³/mol. The molecule has 1 saturated heterocycles. The lowest BCUT2D eigenvalue weighted by Crippen LogP contribution is -2.49. The first-order valence-corrected chi connectivity index (χ1v) is 10.1. The SMILES string of the molecule is CCN(CC(=O)NC(C)C)C(=O)[C@@H]1CCCN(C(=O)c2ccccc2OC(F)F)C1. The van der Waals surface area contributed by atoms with Gasteiger partial charge in [0.1, 0.15) is 5.75 Å². The molecule has 0 radical (unpaired) electrons. The topological polar surface area (TPSA) is 79.0 Å². The molecule has 1 aromatic carbocycles. The van der Waals surface area contributed by atoms with E-state index in [2.05, 4.69) is 10.1 Å². The number of para-hydroxylation sites is 1. The van der Waals surface area contributed by atoms with Gasteiger partial charge >= 0.3 is 6.61 Å². The Morgan fingerprint density at radius 2 is 1.97 bits per heavy atom. The van der Waals surface area contributed by atoms with E-state index in [4.69, 9.17) is 0 Å². The number of hydrogen-bond donors (Lipinski definition) is 1. The third-order valence-electron chi connectivity index (χ3n) is 4.87. The van der Waals surface area contributed by atoms with Crippen molar-refractivity contribution in [3.8, 4) is 5.75 Å². The Morgan fingerprint density at radius 3 is 2.60 bits per heavy atom. The summed E-state index contributed by atoms with van der Waals surface area (Å²) in [5, 5.41) is 2.76. The van der Waals surface area contributed by atoms with Gasteiger partial charge in [-0.2, -0.15) is 8.78 Å². The van der Waals surface area contributed by atoms with Gasteiger partial charge in [-0.15, -0.1) is 0 Å². The maximum Gasteiger partial charge on any atom is 0.387 e. The highest BCUT2D eigenvalue weighted by molar-refractivity contribution is 5.97. The molecule has 1 fully saturated rings. The van der Waals surface area contributed by atoms with Crippen LogP contribution in [0.1, 0.15) is 44.0 Å². The quantitative estimate of drug-likeness (QED) is 0.694. The Bertz CT molecular complexity index is 758. The van der Waals surface area contributed by atoms with Crippen molar-refractivity contribution in [1.82, 2.24) is 15.1 Å². The Labute approximate surface area is 175 Å². The number of carbonyl (C=O) groups excluding carboxylic acids is 3. The van der Waals surface area contributed by atoms with Gasteiger partial charge in [0.25, 0.3) is 5.91 Å². The molecule has 7 nitrogen and oxygen atoms in total. The summed E-state index contributed by atoms with van der Waals surface area (Å²) in [4.78, 5) is 40.9. The molecule has 1 aliphatic rings. The molecule has 30 heavy (non-hydrogen) atoms. The van der Waals surface area contributed by atoms with Gasteiger partial charge in [-0.3, -0.25) is 14.4 Å². The number of likely N-dealkylation sites (N-methyl/N-ethyl adjacent to an activating group) is 1. The van der Waals surface area contributed by atoms with Crippen molar-refractivity contribution in [2.45, 2.75) is 46.3 Å². The minimum atomic E-state index is -3.04. The number of carbonyl (C=O) groups is 3. The maximum atomic E-state index is 13.0. The average Bonchev–Trinajstić information content (AvgIpc) is 2.70. The second-order valence-corrected chi connectivity index (χ2v) is 7.54. The number of benzene rings is 1. The normalized spacial score (nSPS) is 16.5. The van der Waals surface area contributed by atoms with E-state index < -0.39 is 18.4 Å². The fraction of sp³-hybridized carbons (Fsp3) is 0.571. The van der Waals surface area contributed by atoms with E-state index in [1.807, 2.05) is 13.8 Å². The number of ether oxygens (including phenoxy) is 1. The zero-order valence-corrected chi connectivity index (χ0v) is 17.6. The van der Waals surface area contributed by atoms with Crippen LogP contribution in [-0.4, -0.2) is 66.4 Å². The monoisotopic (exact) mass is 425 g/mol. The highest BCUT2D eigenvalue weighted by atomic mass is 19.3. The summed E-state index contributed by atoms with van der Waals surface area (Å²) in [6.07, 6.45) is 1.20. The molecule has 0 bridgehead atoms. The van der Waals surface area contributed by atoms with E-state index in [-0.39, 0.29) is 42.3 Å². The molecule has 1 N–H and O–H groups in total. The molecule has 2 rings (SSSR count). The summed E-state index contributed by atoms with van der Waals surface area (Å²) in [7, 11) is 0.